The second-order valence-electron chi connectivity index (χ2n) is 5.33. The third-order valence-electron chi connectivity index (χ3n) is 3.37. The number of tetrazole rings is 1. The SMILES string of the molecule is O=C(CSc1nnnn1-c1ccc(OC(F)(F)F)cc1)c1ccc(O)cc1O. The summed E-state index contributed by atoms with van der Waals surface area (Å²) in [6, 6.07) is 8.48. The normalized spacial score (nSPS) is 11.4. The number of thioether (sulfide) groups is 1. The monoisotopic (exact) mass is 412 g/mol. The van der Waals surface area contributed by atoms with Crippen molar-refractivity contribution in [1.82, 2.24) is 20.2 Å². The molecule has 12 heteroatoms. The van der Waals surface area contributed by atoms with E-state index in [1.807, 2.05) is 0 Å². The Bertz CT molecular complexity index is 992. The first kappa shape index (κ1) is 19.5. The van der Waals surface area contributed by atoms with Crippen molar-refractivity contribution in [3.8, 4) is 22.9 Å². The number of Topliss-reactive ketones (excluding diaryl/α,β-unsaturated/α-hetero) is 1. The molecule has 0 atom stereocenters. The van der Waals surface area contributed by atoms with Crippen LogP contribution < -0.4 is 4.74 Å². The maximum Gasteiger partial charge on any atom is 0.573 e. The summed E-state index contributed by atoms with van der Waals surface area (Å²) in [6.45, 7) is 0. The molecule has 1 heterocycles. The summed E-state index contributed by atoms with van der Waals surface area (Å²) >= 11 is 0.971. The molecular weight excluding hydrogens is 401 g/mol. The first-order chi connectivity index (χ1) is 13.2. The number of carbonyl (C=O) groups excluding carboxylic acids is 1. The molecule has 3 rings (SSSR count). The summed E-state index contributed by atoms with van der Waals surface area (Å²) in [5.41, 5.74) is 0.389. The van der Waals surface area contributed by atoms with E-state index in [-0.39, 0.29) is 28.0 Å². The molecule has 0 aliphatic carbocycles. The third-order valence-corrected chi connectivity index (χ3v) is 4.29. The van der Waals surface area contributed by atoms with E-state index in [0.717, 1.165) is 30.0 Å². The molecule has 0 aliphatic heterocycles. The maximum absolute atomic E-state index is 12.2. The molecule has 0 spiro atoms. The van der Waals surface area contributed by atoms with Crippen molar-refractivity contribution in [2.24, 2.45) is 0 Å². The number of benzene rings is 2. The topological polar surface area (TPSA) is 110 Å². The van der Waals surface area contributed by atoms with E-state index in [9.17, 15) is 28.2 Å². The fourth-order valence-electron chi connectivity index (χ4n) is 2.18. The average Bonchev–Trinajstić information content (AvgIpc) is 3.07. The van der Waals surface area contributed by atoms with Gasteiger partial charge in [0.2, 0.25) is 5.16 Å². The Labute approximate surface area is 159 Å². The predicted octanol–water partition coefficient (Wildman–Crippen LogP) is 2.95. The molecule has 0 unspecified atom stereocenters. The molecule has 0 bridgehead atoms. The van der Waals surface area contributed by atoms with E-state index >= 15 is 0 Å². The van der Waals surface area contributed by atoms with Crippen LogP contribution >= 0.6 is 11.8 Å². The molecule has 0 amide bonds. The van der Waals surface area contributed by atoms with Gasteiger partial charge >= 0.3 is 6.36 Å². The fourth-order valence-corrected chi connectivity index (χ4v) is 2.96. The van der Waals surface area contributed by atoms with Crippen molar-refractivity contribution in [1.29, 1.82) is 0 Å². The van der Waals surface area contributed by atoms with Gasteiger partial charge in [-0.1, -0.05) is 11.8 Å². The highest BCUT2D eigenvalue weighted by molar-refractivity contribution is 7.99. The number of rotatable bonds is 6. The Morgan fingerprint density at radius 3 is 2.50 bits per heavy atom. The van der Waals surface area contributed by atoms with Gasteiger partial charge in [-0.25, -0.2) is 0 Å². The van der Waals surface area contributed by atoms with Crippen LogP contribution in [0.2, 0.25) is 0 Å². The number of aromatic hydroxyl groups is 2. The van der Waals surface area contributed by atoms with Crippen LogP contribution in [0.3, 0.4) is 0 Å². The highest BCUT2D eigenvalue weighted by Gasteiger charge is 2.31. The summed E-state index contributed by atoms with van der Waals surface area (Å²) in [7, 11) is 0. The summed E-state index contributed by atoms with van der Waals surface area (Å²) in [4.78, 5) is 12.2. The number of ether oxygens (including phenoxy) is 1. The lowest BCUT2D eigenvalue weighted by Crippen LogP contribution is -2.17. The lowest BCUT2D eigenvalue weighted by Gasteiger charge is -2.09. The molecule has 0 radical (unpaired) electrons. The van der Waals surface area contributed by atoms with Gasteiger partial charge in [-0.3, -0.25) is 4.79 Å². The van der Waals surface area contributed by atoms with Crippen molar-refractivity contribution < 1.29 is 32.9 Å². The Kier molecular flexibility index (Phi) is 5.40. The number of carbonyl (C=O) groups is 1. The van der Waals surface area contributed by atoms with Gasteiger partial charge in [0.05, 0.1) is 17.0 Å². The molecule has 2 aromatic carbocycles. The lowest BCUT2D eigenvalue weighted by molar-refractivity contribution is -0.274. The minimum Gasteiger partial charge on any atom is -0.508 e. The van der Waals surface area contributed by atoms with Crippen LogP contribution in [0.5, 0.6) is 17.2 Å². The van der Waals surface area contributed by atoms with Crippen LogP contribution in [-0.2, 0) is 0 Å². The molecule has 1 aromatic heterocycles. The lowest BCUT2D eigenvalue weighted by atomic mass is 10.1. The van der Waals surface area contributed by atoms with E-state index in [1.165, 1.54) is 28.9 Å². The number of nitrogens with zero attached hydrogens (tertiary/aromatic N) is 4. The highest BCUT2D eigenvalue weighted by atomic mass is 32.2. The average molecular weight is 412 g/mol. The van der Waals surface area contributed by atoms with E-state index in [0.29, 0.717) is 5.69 Å². The summed E-state index contributed by atoms with van der Waals surface area (Å²) in [6.07, 6.45) is -4.79. The molecule has 0 saturated heterocycles. The predicted molar refractivity (Wildman–Crippen MR) is 90.7 cm³/mol. The summed E-state index contributed by atoms with van der Waals surface area (Å²) in [5, 5.41) is 30.2. The van der Waals surface area contributed by atoms with Gasteiger partial charge in [0.1, 0.15) is 17.2 Å². The molecule has 2 N–H and O–H groups in total. The number of hydrogen-bond acceptors (Lipinski definition) is 8. The summed E-state index contributed by atoms with van der Waals surface area (Å²) in [5.74, 6) is -1.47. The van der Waals surface area contributed by atoms with Gasteiger partial charge < -0.3 is 14.9 Å². The van der Waals surface area contributed by atoms with Gasteiger partial charge in [0, 0.05) is 6.07 Å². The van der Waals surface area contributed by atoms with Gasteiger partial charge in [-0.15, -0.1) is 18.3 Å². The number of phenolic OH excluding ortho intramolecular Hbond substituents is 2. The van der Waals surface area contributed by atoms with Crippen molar-refractivity contribution in [2.75, 3.05) is 5.75 Å². The molecule has 28 heavy (non-hydrogen) atoms. The van der Waals surface area contributed by atoms with Crippen molar-refractivity contribution in [3.63, 3.8) is 0 Å². The van der Waals surface area contributed by atoms with E-state index in [4.69, 9.17) is 0 Å². The number of alkyl halides is 3. The third kappa shape index (κ3) is 4.71. The number of ketones is 1. The second-order valence-corrected chi connectivity index (χ2v) is 6.27. The molecule has 0 aliphatic rings. The van der Waals surface area contributed by atoms with Crippen molar-refractivity contribution >= 4 is 17.5 Å². The van der Waals surface area contributed by atoms with Crippen LogP contribution in [0, 0.1) is 0 Å². The van der Waals surface area contributed by atoms with Crippen molar-refractivity contribution in [2.45, 2.75) is 11.5 Å². The largest absolute Gasteiger partial charge is 0.573 e. The summed E-state index contributed by atoms with van der Waals surface area (Å²) < 4.78 is 41.7. The minimum absolute atomic E-state index is 0.0259. The number of aromatic nitrogens is 4. The van der Waals surface area contributed by atoms with Gasteiger partial charge in [0.15, 0.2) is 5.78 Å². The fraction of sp³-hybridized carbons (Fsp3) is 0.125. The Hall–Kier alpha value is -3.28. The van der Waals surface area contributed by atoms with Crippen LogP contribution in [0.4, 0.5) is 13.2 Å². The van der Waals surface area contributed by atoms with Crippen LogP contribution in [0.1, 0.15) is 10.4 Å². The second kappa shape index (κ2) is 7.76. The molecular formula is C16H11F3N4O4S. The highest BCUT2D eigenvalue weighted by Crippen LogP contribution is 2.27. The van der Waals surface area contributed by atoms with E-state index in [2.05, 4.69) is 20.3 Å². The molecule has 0 fully saturated rings. The minimum atomic E-state index is -4.79. The first-order valence-corrected chi connectivity index (χ1v) is 8.54. The smallest absolute Gasteiger partial charge is 0.508 e. The molecule has 146 valence electrons. The Balaban J connectivity index is 1.71. The standard InChI is InChI=1S/C16H11F3N4O4S/c17-16(18,19)27-11-4-1-9(2-5-11)23-15(20-21-22-23)28-8-14(26)12-6-3-10(24)7-13(12)25/h1-7,24-25H,8H2. The Morgan fingerprint density at radius 2 is 1.86 bits per heavy atom. The number of phenols is 2. The van der Waals surface area contributed by atoms with E-state index in [1.54, 1.807) is 0 Å². The Morgan fingerprint density at radius 1 is 1.14 bits per heavy atom. The van der Waals surface area contributed by atoms with Gasteiger partial charge in [-0.05, 0) is 46.8 Å². The van der Waals surface area contributed by atoms with Crippen molar-refractivity contribution in [3.05, 3.63) is 48.0 Å². The zero-order chi connectivity index (χ0) is 20.3. The molecule has 0 saturated carbocycles. The molecule has 3 aromatic rings. The maximum atomic E-state index is 12.2. The number of halogens is 3. The van der Waals surface area contributed by atoms with E-state index < -0.39 is 17.9 Å². The zero-order valence-electron chi connectivity index (χ0n) is 13.8. The van der Waals surface area contributed by atoms with Crippen LogP contribution in [0.25, 0.3) is 5.69 Å². The molecule has 8 nitrogen and oxygen atoms in total. The van der Waals surface area contributed by atoms with Gasteiger partial charge in [-0.2, -0.15) is 4.68 Å². The van der Waals surface area contributed by atoms with Crippen LogP contribution in [0.15, 0.2) is 47.6 Å². The zero-order valence-corrected chi connectivity index (χ0v) is 14.6. The van der Waals surface area contributed by atoms with Crippen LogP contribution in [-0.4, -0.2) is 48.3 Å². The first-order valence-electron chi connectivity index (χ1n) is 7.55. The number of hydrogen-bond donors (Lipinski definition) is 2. The quantitative estimate of drug-likeness (QED) is 0.470. The van der Waals surface area contributed by atoms with Gasteiger partial charge in [0.25, 0.3) is 0 Å².